The molecule has 10 heteroatoms. The second-order valence-electron chi connectivity index (χ2n) is 8.22. The van der Waals surface area contributed by atoms with Crippen molar-refractivity contribution < 1.29 is 4.74 Å². The van der Waals surface area contributed by atoms with E-state index in [0.717, 1.165) is 37.8 Å². The number of nitrogen functional groups attached to an aromatic ring is 2. The van der Waals surface area contributed by atoms with Gasteiger partial charge in [-0.3, -0.25) is 0 Å². The van der Waals surface area contributed by atoms with Crippen LogP contribution in [0.5, 0.6) is 5.88 Å². The molecule has 174 valence electrons. The molecule has 6 rings (SSSR count). The topological polar surface area (TPSA) is 131 Å². The Bertz CT molecular complexity index is 1740. The zero-order chi connectivity index (χ0) is 24.1. The minimum atomic E-state index is 0.372. The number of benzene rings is 2. The number of nitrogens with two attached hydrogens (primary N) is 2. The van der Waals surface area contributed by atoms with Crippen LogP contribution in [0.2, 0.25) is 0 Å². The Morgan fingerprint density at radius 1 is 1.03 bits per heavy atom. The number of aryl methyl sites for hydroxylation is 1. The van der Waals surface area contributed by atoms with Crippen LogP contribution in [0.3, 0.4) is 0 Å². The van der Waals surface area contributed by atoms with Crippen molar-refractivity contribution in [2.45, 2.75) is 20.4 Å². The van der Waals surface area contributed by atoms with Crippen LogP contribution in [-0.2, 0) is 6.54 Å². The van der Waals surface area contributed by atoms with Crippen molar-refractivity contribution in [2.75, 3.05) is 18.1 Å². The van der Waals surface area contributed by atoms with Crippen molar-refractivity contribution in [2.24, 2.45) is 0 Å². The first-order valence-electron chi connectivity index (χ1n) is 11.2. The molecular formula is C25H22N8OS. The molecule has 0 aliphatic carbocycles. The van der Waals surface area contributed by atoms with Gasteiger partial charge in [0.2, 0.25) is 5.88 Å². The lowest BCUT2D eigenvalue weighted by Crippen LogP contribution is -2.07. The van der Waals surface area contributed by atoms with E-state index in [9.17, 15) is 0 Å². The number of fused-ring (bicyclic) bond motifs is 3. The number of thiazole rings is 1. The summed E-state index contributed by atoms with van der Waals surface area (Å²) in [4.78, 5) is 17.9. The van der Waals surface area contributed by atoms with E-state index in [1.807, 2.05) is 35.9 Å². The van der Waals surface area contributed by atoms with Crippen LogP contribution in [0, 0.1) is 6.92 Å². The van der Waals surface area contributed by atoms with Gasteiger partial charge in [-0.2, -0.15) is 5.10 Å². The standard InChI is InChI=1S/C25H22N8OS/c1-3-34-24-19-13(2)5-4-6-14(19)9-16(30-24)11-33-23-20(22(26)28-12-29-23)21(32-33)15-7-8-17-18(10-15)35-25(27)31-17/h4-10,12H,3,11H2,1-2H3,(H2,27,31)(H2,26,28,29). The number of hydrogen-bond acceptors (Lipinski definition) is 9. The summed E-state index contributed by atoms with van der Waals surface area (Å²) < 4.78 is 8.69. The van der Waals surface area contributed by atoms with Crippen LogP contribution in [0.4, 0.5) is 10.9 Å². The highest BCUT2D eigenvalue weighted by Gasteiger charge is 2.19. The Morgan fingerprint density at radius 3 is 2.77 bits per heavy atom. The molecule has 35 heavy (non-hydrogen) atoms. The summed E-state index contributed by atoms with van der Waals surface area (Å²) in [6, 6.07) is 14.1. The average Bonchev–Trinajstić information content (AvgIpc) is 3.39. The molecule has 0 spiro atoms. The highest BCUT2D eigenvalue weighted by atomic mass is 32.1. The summed E-state index contributed by atoms with van der Waals surface area (Å²) in [6.45, 7) is 4.95. The van der Waals surface area contributed by atoms with Gasteiger partial charge < -0.3 is 16.2 Å². The first-order valence-corrected chi connectivity index (χ1v) is 12.0. The Kier molecular flexibility index (Phi) is 4.96. The van der Waals surface area contributed by atoms with Crippen molar-refractivity contribution in [1.29, 1.82) is 0 Å². The van der Waals surface area contributed by atoms with Gasteiger partial charge in [0.15, 0.2) is 10.8 Å². The third-order valence-electron chi connectivity index (χ3n) is 5.92. The number of nitrogens with zero attached hydrogens (tertiary/aromatic N) is 6. The molecule has 0 saturated carbocycles. The molecule has 4 heterocycles. The predicted octanol–water partition coefficient (Wildman–Crippen LogP) is 4.57. The maximum absolute atomic E-state index is 6.30. The lowest BCUT2D eigenvalue weighted by molar-refractivity contribution is 0.330. The Hall–Kier alpha value is -4.31. The van der Waals surface area contributed by atoms with Crippen molar-refractivity contribution in [3.8, 4) is 17.1 Å². The number of pyridine rings is 1. The van der Waals surface area contributed by atoms with Gasteiger partial charge in [0, 0.05) is 10.9 Å². The van der Waals surface area contributed by atoms with Gasteiger partial charge in [-0.15, -0.1) is 0 Å². The normalized spacial score (nSPS) is 11.6. The molecule has 6 aromatic rings. The summed E-state index contributed by atoms with van der Waals surface area (Å²) in [6.07, 6.45) is 1.45. The van der Waals surface area contributed by atoms with Crippen LogP contribution >= 0.6 is 11.3 Å². The molecule has 2 aromatic carbocycles. The molecule has 0 saturated heterocycles. The molecule has 0 atom stereocenters. The fourth-order valence-corrected chi connectivity index (χ4v) is 5.18. The molecular weight excluding hydrogens is 460 g/mol. The zero-order valence-electron chi connectivity index (χ0n) is 19.2. The van der Waals surface area contributed by atoms with Crippen LogP contribution in [0.25, 0.3) is 43.3 Å². The van der Waals surface area contributed by atoms with Gasteiger partial charge in [0.25, 0.3) is 0 Å². The van der Waals surface area contributed by atoms with Crippen molar-refractivity contribution in [3.05, 3.63) is 60.0 Å². The van der Waals surface area contributed by atoms with E-state index in [2.05, 4.69) is 40.1 Å². The van der Waals surface area contributed by atoms with Crippen molar-refractivity contribution in [1.82, 2.24) is 29.7 Å². The maximum Gasteiger partial charge on any atom is 0.221 e. The van der Waals surface area contributed by atoms with Gasteiger partial charge in [-0.05, 0) is 43.0 Å². The Labute approximate surface area is 204 Å². The van der Waals surface area contributed by atoms with E-state index in [0.29, 0.717) is 46.7 Å². The number of hydrogen-bond donors (Lipinski definition) is 2. The summed E-state index contributed by atoms with van der Waals surface area (Å²) in [7, 11) is 0. The van der Waals surface area contributed by atoms with E-state index in [-0.39, 0.29) is 0 Å². The number of rotatable bonds is 5. The molecule has 4 aromatic heterocycles. The molecule has 0 fully saturated rings. The first-order chi connectivity index (χ1) is 17.0. The quantitative estimate of drug-likeness (QED) is 0.365. The lowest BCUT2D eigenvalue weighted by Gasteiger charge is -2.12. The third-order valence-corrected chi connectivity index (χ3v) is 6.76. The van der Waals surface area contributed by atoms with Gasteiger partial charge in [0.1, 0.15) is 17.8 Å². The van der Waals surface area contributed by atoms with Crippen molar-refractivity contribution in [3.63, 3.8) is 0 Å². The fourth-order valence-electron chi connectivity index (χ4n) is 4.41. The fraction of sp³-hybridized carbons (Fsp3) is 0.160. The summed E-state index contributed by atoms with van der Waals surface area (Å²) in [5.74, 6) is 0.995. The van der Waals surface area contributed by atoms with Crippen LogP contribution in [0.15, 0.2) is 48.8 Å². The van der Waals surface area contributed by atoms with E-state index in [1.54, 1.807) is 0 Å². The predicted molar refractivity (Wildman–Crippen MR) is 140 cm³/mol. The van der Waals surface area contributed by atoms with Crippen LogP contribution in [-0.4, -0.2) is 36.3 Å². The minimum absolute atomic E-state index is 0.372. The molecule has 0 bridgehead atoms. The third kappa shape index (κ3) is 3.58. The maximum atomic E-state index is 6.30. The highest BCUT2D eigenvalue weighted by Crippen LogP contribution is 2.34. The SMILES string of the molecule is CCOc1nc(Cn2nc(-c3ccc4nc(N)sc4c3)c3c(N)ncnc32)cc2cccc(C)c12. The average molecular weight is 483 g/mol. The summed E-state index contributed by atoms with van der Waals surface area (Å²) in [5, 5.41) is 8.22. The van der Waals surface area contributed by atoms with Crippen LogP contribution < -0.4 is 16.2 Å². The molecule has 9 nitrogen and oxygen atoms in total. The zero-order valence-corrected chi connectivity index (χ0v) is 20.0. The second-order valence-corrected chi connectivity index (χ2v) is 9.29. The molecule has 4 N–H and O–H groups in total. The van der Waals surface area contributed by atoms with Crippen LogP contribution in [0.1, 0.15) is 18.2 Å². The highest BCUT2D eigenvalue weighted by molar-refractivity contribution is 7.22. The van der Waals surface area contributed by atoms with E-state index in [1.165, 1.54) is 17.7 Å². The van der Waals surface area contributed by atoms with Gasteiger partial charge >= 0.3 is 0 Å². The first kappa shape index (κ1) is 21.2. The lowest BCUT2D eigenvalue weighted by atomic mass is 10.1. The monoisotopic (exact) mass is 482 g/mol. The number of aromatic nitrogens is 6. The van der Waals surface area contributed by atoms with Gasteiger partial charge in [0.05, 0.1) is 34.4 Å². The number of ether oxygens (including phenoxy) is 1. The van der Waals surface area contributed by atoms with E-state index >= 15 is 0 Å². The Morgan fingerprint density at radius 2 is 1.91 bits per heavy atom. The molecule has 0 amide bonds. The minimum Gasteiger partial charge on any atom is -0.478 e. The summed E-state index contributed by atoms with van der Waals surface area (Å²) in [5.41, 5.74) is 17.2. The van der Waals surface area contributed by atoms with E-state index < -0.39 is 0 Å². The smallest absolute Gasteiger partial charge is 0.221 e. The largest absolute Gasteiger partial charge is 0.478 e. The van der Waals surface area contributed by atoms with Gasteiger partial charge in [-0.25, -0.2) is 24.6 Å². The molecule has 0 aliphatic rings. The molecule has 0 aliphatic heterocycles. The van der Waals surface area contributed by atoms with Crippen molar-refractivity contribution >= 4 is 54.3 Å². The number of anilines is 2. The molecule has 0 unspecified atom stereocenters. The second kappa shape index (κ2) is 8.17. The summed E-state index contributed by atoms with van der Waals surface area (Å²) >= 11 is 1.43. The molecule has 0 radical (unpaired) electrons. The van der Waals surface area contributed by atoms with Gasteiger partial charge in [-0.1, -0.05) is 35.6 Å². The van der Waals surface area contributed by atoms with E-state index in [4.69, 9.17) is 26.3 Å². The Balaban J connectivity index is 1.50.